The first-order chi connectivity index (χ1) is 6.72. The zero-order valence-corrected chi connectivity index (χ0v) is 8.15. The van der Waals surface area contributed by atoms with E-state index in [1.54, 1.807) is 18.4 Å². The Kier molecular flexibility index (Phi) is 2.41. The number of hydrogen-bond donors (Lipinski definition) is 0. The normalized spacial score (nSPS) is 11.4. The Bertz CT molecular complexity index is 455. The van der Waals surface area contributed by atoms with Gasteiger partial charge in [-0.3, -0.25) is 0 Å². The number of halogens is 2. The van der Waals surface area contributed by atoms with Gasteiger partial charge in [-0.25, -0.2) is 13.8 Å². The standard InChI is InChI=1S/C9H7F2NOS/c1-14-9-12-7-5(8(10)11)3-2-4-6(7)13-9/h2-4,8H,1H3. The maximum absolute atomic E-state index is 12.5. The van der Waals surface area contributed by atoms with E-state index in [0.29, 0.717) is 10.8 Å². The van der Waals surface area contributed by atoms with Crippen LogP contribution in [0, 0.1) is 0 Å². The van der Waals surface area contributed by atoms with Crippen LogP contribution in [-0.2, 0) is 0 Å². The summed E-state index contributed by atoms with van der Waals surface area (Å²) in [7, 11) is 0. The van der Waals surface area contributed by atoms with Crippen molar-refractivity contribution in [2.24, 2.45) is 0 Å². The molecule has 0 saturated carbocycles. The summed E-state index contributed by atoms with van der Waals surface area (Å²) in [5.41, 5.74) is 0.588. The molecule has 0 saturated heterocycles. The molecule has 0 aliphatic rings. The van der Waals surface area contributed by atoms with Crippen LogP contribution >= 0.6 is 11.8 Å². The number of rotatable bonds is 2. The van der Waals surface area contributed by atoms with Crippen LogP contribution in [0.3, 0.4) is 0 Å². The SMILES string of the molecule is CSc1nc2c(C(F)F)cccc2o1. The second-order valence-corrected chi connectivity index (χ2v) is 3.44. The number of hydrogen-bond acceptors (Lipinski definition) is 3. The summed E-state index contributed by atoms with van der Waals surface area (Å²) >= 11 is 1.29. The molecule has 0 spiro atoms. The highest BCUT2D eigenvalue weighted by Gasteiger charge is 2.15. The maximum atomic E-state index is 12.5. The molecule has 1 aromatic carbocycles. The monoisotopic (exact) mass is 215 g/mol. The van der Waals surface area contributed by atoms with Crippen LogP contribution in [0.25, 0.3) is 11.1 Å². The summed E-state index contributed by atoms with van der Waals surface area (Å²) in [6.07, 6.45) is -0.731. The summed E-state index contributed by atoms with van der Waals surface area (Å²) in [5.74, 6) is 0. The highest BCUT2D eigenvalue weighted by molar-refractivity contribution is 7.98. The Balaban J connectivity index is 2.66. The Morgan fingerprint density at radius 1 is 1.43 bits per heavy atom. The molecular formula is C9H7F2NOS. The van der Waals surface area contributed by atoms with Crippen molar-refractivity contribution in [2.45, 2.75) is 11.6 Å². The molecule has 0 bridgehead atoms. The van der Waals surface area contributed by atoms with Gasteiger partial charge in [0.1, 0.15) is 5.52 Å². The van der Waals surface area contributed by atoms with E-state index in [1.807, 2.05) is 0 Å². The van der Waals surface area contributed by atoms with E-state index in [9.17, 15) is 8.78 Å². The number of alkyl halides is 2. The fourth-order valence-electron chi connectivity index (χ4n) is 1.21. The van der Waals surface area contributed by atoms with Crippen LogP contribution in [0.4, 0.5) is 8.78 Å². The summed E-state index contributed by atoms with van der Waals surface area (Å²) in [5, 5.41) is 0.410. The minimum Gasteiger partial charge on any atom is -0.431 e. The van der Waals surface area contributed by atoms with E-state index in [1.165, 1.54) is 17.8 Å². The molecule has 2 rings (SSSR count). The molecule has 0 aliphatic carbocycles. The second-order valence-electron chi connectivity index (χ2n) is 2.68. The van der Waals surface area contributed by atoms with Crippen molar-refractivity contribution < 1.29 is 13.2 Å². The van der Waals surface area contributed by atoms with Crippen LogP contribution in [0.15, 0.2) is 27.8 Å². The molecule has 0 radical (unpaired) electrons. The van der Waals surface area contributed by atoms with E-state index >= 15 is 0 Å². The lowest BCUT2D eigenvalue weighted by atomic mass is 10.2. The lowest BCUT2D eigenvalue weighted by Gasteiger charge is -1.97. The Morgan fingerprint density at radius 2 is 2.21 bits per heavy atom. The number of para-hydroxylation sites is 1. The zero-order valence-electron chi connectivity index (χ0n) is 7.33. The van der Waals surface area contributed by atoms with Crippen molar-refractivity contribution in [2.75, 3.05) is 6.26 Å². The summed E-state index contributed by atoms with van der Waals surface area (Å²) in [4.78, 5) is 3.97. The number of thioether (sulfide) groups is 1. The van der Waals surface area contributed by atoms with Crippen LogP contribution in [0.5, 0.6) is 0 Å². The smallest absolute Gasteiger partial charge is 0.266 e. The number of fused-ring (bicyclic) bond motifs is 1. The quantitative estimate of drug-likeness (QED) is 0.717. The number of nitrogens with zero attached hydrogens (tertiary/aromatic N) is 1. The first-order valence-corrected chi connectivity index (χ1v) is 5.16. The summed E-state index contributed by atoms with van der Waals surface area (Å²) in [6, 6.07) is 4.53. The molecule has 0 amide bonds. The van der Waals surface area contributed by atoms with Crippen molar-refractivity contribution in [3.8, 4) is 0 Å². The van der Waals surface area contributed by atoms with Crippen LogP contribution < -0.4 is 0 Å². The molecule has 1 heterocycles. The van der Waals surface area contributed by atoms with Gasteiger partial charge in [-0.05, 0) is 12.3 Å². The predicted octanol–water partition coefficient (Wildman–Crippen LogP) is 3.49. The molecule has 2 nitrogen and oxygen atoms in total. The van der Waals surface area contributed by atoms with Gasteiger partial charge < -0.3 is 4.42 Å². The first kappa shape index (κ1) is 9.45. The Hall–Kier alpha value is -1.10. The molecule has 2 aromatic rings. The largest absolute Gasteiger partial charge is 0.431 e. The van der Waals surface area contributed by atoms with E-state index in [-0.39, 0.29) is 11.1 Å². The Morgan fingerprint density at radius 3 is 2.86 bits per heavy atom. The van der Waals surface area contributed by atoms with Crippen LogP contribution in [0.1, 0.15) is 12.0 Å². The Labute approximate surface area is 83.3 Å². The third-order valence-corrected chi connectivity index (χ3v) is 2.36. The van der Waals surface area contributed by atoms with Crippen molar-refractivity contribution >= 4 is 22.9 Å². The second kappa shape index (κ2) is 3.57. The van der Waals surface area contributed by atoms with Crippen molar-refractivity contribution in [1.29, 1.82) is 0 Å². The molecule has 5 heteroatoms. The summed E-state index contributed by atoms with van der Waals surface area (Å²) in [6.45, 7) is 0. The lowest BCUT2D eigenvalue weighted by molar-refractivity contribution is 0.153. The van der Waals surface area contributed by atoms with E-state index in [2.05, 4.69) is 4.98 Å². The number of oxazole rings is 1. The molecule has 0 unspecified atom stereocenters. The molecule has 1 aromatic heterocycles. The topological polar surface area (TPSA) is 26.0 Å². The van der Waals surface area contributed by atoms with Gasteiger partial charge in [0.2, 0.25) is 0 Å². The van der Waals surface area contributed by atoms with Crippen molar-refractivity contribution in [3.63, 3.8) is 0 Å². The highest BCUT2D eigenvalue weighted by Crippen LogP contribution is 2.29. The predicted molar refractivity (Wildman–Crippen MR) is 50.7 cm³/mol. The third kappa shape index (κ3) is 1.48. The van der Waals surface area contributed by atoms with Gasteiger partial charge in [0.05, 0.1) is 0 Å². The fraction of sp³-hybridized carbons (Fsp3) is 0.222. The van der Waals surface area contributed by atoms with Crippen molar-refractivity contribution in [3.05, 3.63) is 23.8 Å². The van der Waals surface area contributed by atoms with Crippen molar-refractivity contribution in [1.82, 2.24) is 4.98 Å². The lowest BCUT2D eigenvalue weighted by Crippen LogP contribution is -1.85. The van der Waals surface area contributed by atoms with Gasteiger partial charge in [-0.2, -0.15) is 0 Å². The first-order valence-electron chi connectivity index (χ1n) is 3.94. The molecule has 0 atom stereocenters. The minimum absolute atomic E-state index is 0.0773. The van der Waals surface area contributed by atoms with E-state index in [0.717, 1.165) is 0 Å². The van der Waals surface area contributed by atoms with Gasteiger partial charge in [0.15, 0.2) is 5.58 Å². The zero-order chi connectivity index (χ0) is 10.1. The number of benzene rings is 1. The molecule has 0 aliphatic heterocycles. The third-order valence-electron chi connectivity index (χ3n) is 1.84. The van der Waals surface area contributed by atoms with Gasteiger partial charge in [-0.15, -0.1) is 0 Å². The highest BCUT2D eigenvalue weighted by atomic mass is 32.2. The van der Waals surface area contributed by atoms with Crippen LogP contribution in [-0.4, -0.2) is 11.2 Å². The molecule has 0 N–H and O–H groups in total. The van der Waals surface area contributed by atoms with Gasteiger partial charge in [0, 0.05) is 5.56 Å². The maximum Gasteiger partial charge on any atom is 0.266 e. The molecule has 74 valence electrons. The van der Waals surface area contributed by atoms with Gasteiger partial charge >= 0.3 is 0 Å². The van der Waals surface area contributed by atoms with E-state index in [4.69, 9.17) is 4.42 Å². The molecule has 14 heavy (non-hydrogen) atoms. The van der Waals surface area contributed by atoms with E-state index < -0.39 is 6.43 Å². The number of aromatic nitrogens is 1. The van der Waals surface area contributed by atoms with Crippen LogP contribution in [0.2, 0.25) is 0 Å². The molecular weight excluding hydrogens is 208 g/mol. The van der Waals surface area contributed by atoms with Gasteiger partial charge in [-0.1, -0.05) is 23.9 Å². The fourth-order valence-corrected chi connectivity index (χ4v) is 1.57. The molecule has 0 fully saturated rings. The minimum atomic E-state index is -2.52. The average molecular weight is 215 g/mol. The average Bonchev–Trinajstić information content (AvgIpc) is 2.59. The van der Waals surface area contributed by atoms with Gasteiger partial charge in [0.25, 0.3) is 11.6 Å². The summed E-state index contributed by atoms with van der Waals surface area (Å²) < 4.78 is 30.3.